The Morgan fingerprint density at radius 1 is 1.03 bits per heavy atom. The monoisotopic (exact) mass is 478 g/mol. The van der Waals surface area contributed by atoms with Gasteiger partial charge in [-0.2, -0.15) is 0 Å². The number of likely N-dealkylation sites (N-methyl/N-ethyl adjacent to an activating group) is 1. The van der Waals surface area contributed by atoms with E-state index in [1.54, 1.807) is 11.9 Å². The van der Waals surface area contributed by atoms with Crippen LogP contribution in [0, 0.1) is 5.92 Å². The maximum absolute atomic E-state index is 13.2. The summed E-state index contributed by atoms with van der Waals surface area (Å²) in [7, 11) is 1.58. The Morgan fingerprint density at radius 2 is 1.74 bits per heavy atom. The van der Waals surface area contributed by atoms with Crippen molar-refractivity contribution in [2.45, 2.75) is 39.3 Å². The van der Waals surface area contributed by atoms with Crippen LogP contribution in [0.3, 0.4) is 0 Å². The number of hydrogen-bond acceptors (Lipinski definition) is 4. The lowest BCUT2D eigenvalue weighted by molar-refractivity contribution is -0.140. The fourth-order valence-electron chi connectivity index (χ4n) is 4.01. The van der Waals surface area contributed by atoms with Gasteiger partial charge < -0.3 is 25.3 Å². The molecule has 0 aliphatic heterocycles. The number of hydrogen-bond donors (Lipinski definition) is 3. The van der Waals surface area contributed by atoms with Gasteiger partial charge in [-0.3, -0.25) is 9.59 Å². The van der Waals surface area contributed by atoms with E-state index in [1.165, 1.54) is 0 Å². The van der Waals surface area contributed by atoms with Crippen LogP contribution in [0.15, 0.2) is 60.8 Å². The fraction of sp³-hybridized carbons (Fsp3) is 0.370. The first-order chi connectivity index (χ1) is 16.9. The lowest BCUT2D eigenvalue weighted by Crippen LogP contribution is -2.51. The summed E-state index contributed by atoms with van der Waals surface area (Å²) < 4.78 is 5.21. The van der Waals surface area contributed by atoms with E-state index < -0.39 is 12.1 Å². The first kappa shape index (κ1) is 25.8. The number of amides is 3. The molecule has 1 heterocycles. The van der Waals surface area contributed by atoms with Gasteiger partial charge in [0.1, 0.15) is 12.6 Å². The molecule has 3 amide bonds. The number of nitrogens with zero attached hydrogens (tertiary/aromatic N) is 1. The molecule has 35 heavy (non-hydrogen) atoms. The molecule has 0 saturated heterocycles. The van der Waals surface area contributed by atoms with Crippen LogP contribution in [0.4, 0.5) is 4.79 Å². The van der Waals surface area contributed by atoms with Crippen molar-refractivity contribution in [1.29, 1.82) is 0 Å². The van der Waals surface area contributed by atoms with Crippen LogP contribution >= 0.6 is 0 Å². The minimum atomic E-state index is -0.667. The standard InChI is InChI=1S/C27H34N4O4/c1-19(2)17-31(25(32)13-14-29-27(34)35-18-20-9-5-4-6-10-20)24(26(33)28-3)15-21-16-30-23-12-8-7-11-22(21)23/h4-12,16,19,24,30H,13-15,17-18H2,1-3H3,(H,28,33)(H,29,34)/t24-/m0/s1. The third-order valence-corrected chi connectivity index (χ3v) is 5.72. The number of nitrogens with one attached hydrogen (secondary N) is 3. The Hall–Kier alpha value is -3.81. The molecule has 1 aromatic heterocycles. The zero-order valence-corrected chi connectivity index (χ0v) is 20.5. The van der Waals surface area contributed by atoms with Gasteiger partial charge in [-0.25, -0.2) is 4.79 Å². The molecule has 0 unspecified atom stereocenters. The van der Waals surface area contributed by atoms with Gasteiger partial charge >= 0.3 is 6.09 Å². The molecule has 0 aliphatic carbocycles. The Bertz CT molecular complexity index is 1130. The molecule has 2 aromatic carbocycles. The zero-order valence-electron chi connectivity index (χ0n) is 20.5. The Labute approximate surface area is 206 Å². The normalized spacial score (nSPS) is 11.8. The number of ether oxygens (including phenoxy) is 1. The Balaban J connectivity index is 1.64. The summed E-state index contributed by atoms with van der Waals surface area (Å²) in [5.41, 5.74) is 2.84. The number of para-hydroxylation sites is 1. The van der Waals surface area contributed by atoms with E-state index in [4.69, 9.17) is 4.74 Å². The fourth-order valence-corrected chi connectivity index (χ4v) is 4.01. The topological polar surface area (TPSA) is 104 Å². The smallest absolute Gasteiger partial charge is 0.407 e. The van der Waals surface area contributed by atoms with E-state index in [0.717, 1.165) is 22.0 Å². The van der Waals surface area contributed by atoms with Crippen molar-refractivity contribution in [3.05, 3.63) is 71.9 Å². The Morgan fingerprint density at radius 3 is 2.46 bits per heavy atom. The first-order valence-corrected chi connectivity index (χ1v) is 11.9. The van der Waals surface area contributed by atoms with Gasteiger partial charge in [0.15, 0.2) is 0 Å². The van der Waals surface area contributed by atoms with Gasteiger partial charge in [0.25, 0.3) is 0 Å². The van der Waals surface area contributed by atoms with Crippen LogP contribution < -0.4 is 10.6 Å². The van der Waals surface area contributed by atoms with Crippen LogP contribution in [0.5, 0.6) is 0 Å². The second-order valence-electron chi connectivity index (χ2n) is 8.87. The number of aromatic amines is 1. The van der Waals surface area contributed by atoms with Crippen molar-refractivity contribution in [3.63, 3.8) is 0 Å². The molecule has 1 atom stereocenters. The van der Waals surface area contributed by atoms with Crippen LogP contribution in [0.25, 0.3) is 10.9 Å². The maximum atomic E-state index is 13.2. The van der Waals surface area contributed by atoms with E-state index in [2.05, 4.69) is 15.6 Å². The van der Waals surface area contributed by atoms with Crippen molar-refractivity contribution in [2.24, 2.45) is 5.92 Å². The van der Waals surface area contributed by atoms with Gasteiger partial charge in [-0.1, -0.05) is 62.4 Å². The molecule has 0 fully saturated rings. The van der Waals surface area contributed by atoms with Crippen LogP contribution in [-0.4, -0.2) is 54.0 Å². The van der Waals surface area contributed by atoms with Gasteiger partial charge in [0, 0.05) is 50.1 Å². The molecule has 0 radical (unpaired) electrons. The van der Waals surface area contributed by atoms with E-state index in [9.17, 15) is 14.4 Å². The van der Waals surface area contributed by atoms with Crippen molar-refractivity contribution in [2.75, 3.05) is 20.1 Å². The first-order valence-electron chi connectivity index (χ1n) is 11.9. The third-order valence-electron chi connectivity index (χ3n) is 5.72. The summed E-state index contributed by atoms with van der Waals surface area (Å²) in [5, 5.41) is 6.37. The molecular weight excluding hydrogens is 444 g/mol. The maximum Gasteiger partial charge on any atom is 0.407 e. The lowest BCUT2D eigenvalue weighted by Gasteiger charge is -2.32. The third kappa shape index (κ3) is 7.34. The van der Waals surface area contributed by atoms with Crippen LogP contribution in [0.2, 0.25) is 0 Å². The highest BCUT2D eigenvalue weighted by atomic mass is 16.5. The summed E-state index contributed by atoms with van der Waals surface area (Å²) in [6.07, 6.45) is 1.75. The molecule has 0 spiro atoms. The Kier molecular flexibility index (Phi) is 9.29. The number of carbonyl (C=O) groups is 3. The highest BCUT2D eigenvalue weighted by Gasteiger charge is 2.30. The van der Waals surface area contributed by atoms with E-state index in [1.807, 2.05) is 74.6 Å². The number of benzene rings is 2. The van der Waals surface area contributed by atoms with Crippen molar-refractivity contribution < 1.29 is 19.1 Å². The van der Waals surface area contributed by atoms with Gasteiger partial charge in [0.2, 0.25) is 11.8 Å². The van der Waals surface area contributed by atoms with Crippen molar-refractivity contribution in [1.82, 2.24) is 20.5 Å². The zero-order chi connectivity index (χ0) is 25.2. The van der Waals surface area contributed by atoms with Gasteiger partial charge in [-0.05, 0) is 23.1 Å². The second-order valence-corrected chi connectivity index (χ2v) is 8.87. The molecule has 0 aliphatic rings. The molecule has 0 saturated carbocycles. The van der Waals surface area contributed by atoms with E-state index in [-0.39, 0.29) is 37.3 Å². The molecule has 3 rings (SSSR count). The van der Waals surface area contributed by atoms with Crippen LogP contribution in [0.1, 0.15) is 31.4 Å². The molecular formula is C27H34N4O4. The number of rotatable bonds is 11. The quantitative estimate of drug-likeness (QED) is 0.392. The van der Waals surface area contributed by atoms with Crippen molar-refractivity contribution in [3.8, 4) is 0 Å². The number of alkyl carbamates (subject to hydrolysis) is 1. The second kappa shape index (κ2) is 12.6. The summed E-state index contributed by atoms with van der Waals surface area (Å²) in [4.78, 5) is 43.0. The minimum Gasteiger partial charge on any atom is -0.445 e. The van der Waals surface area contributed by atoms with Gasteiger partial charge in [0.05, 0.1) is 0 Å². The number of carbonyl (C=O) groups excluding carboxylic acids is 3. The molecule has 8 heteroatoms. The number of fused-ring (bicyclic) bond motifs is 1. The SMILES string of the molecule is CNC(=O)[C@H](Cc1c[nH]c2ccccc12)N(CC(C)C)C(=O)CCNC(=O)OCc1ccccc1. The molecule has 3 N–H and O–H groups in total. The average Bonchev–Trinajstić information content (AvgIpc) is 3.27. The molecule has 186 valence electrons. The van der Waals surface area contributed by atoms with Gasteiger partial charge in [-0.15, -0.1) is 0 Å². The summed E-state index contributed by atoms with van der Waals surface area (Å²) in [5.74, 6) is -0.257. The molecule has 8 nitrogen and oxygen atoms in total. The predicted molar refractivity (Wildman–Crippen MR) is 136 cm³/mol. The highest BCUT2D eigenvalue weighted by molar-refractivity contribution is 5.89. The predicted octanol–water partition coefficient (Wildman–Crippen LogP) is 3.63. The van der Waals surface area contributed by atoms with E-state index >= 15 is 0 Å². The summed E-state index contributed by atoms with van der Waals surface area (Å²) in [6.45, 7) is 4.72. The number of H-pyrrole nitrogens is 1. The summed E-state index contributed by atoms with van der Waals surface area (Å²) >= 11 is 0. The van der Waals surface area contributed by atoms with Crippen molar-refractivity contribution >= 4 is 28.8 Å². The lowest BCUT2D eigenvalue weighted by atomic mass is 10.0. The summed E-state index contributed by atoms with van der Waals surface area (Å²) in [6, 6.07) is 16.6. The number of aromatic nitrogens is 1. The minimum absolute atomic E-state index is 0.0640. The largest absolute Gasteiger partial charge is 0.445 e. The van der Waals surface area contributed by atoms with E-state index in [0.29, 0.717) is 13.0 Å². The van der Waals surface area contributed by atoms with Crippen LogP contribution in [-0.2, 0) is 27.4 Å². The molecule has 3 aromatic rings. The molecule has 0 bridgehead atoms. The highest BCUT2D eigenvalue weighted by Crippen LogP contribution is 2.21. The average molecular weight is 479 g/mol.